The molecule has 0 bridgehead atoms. The molecule has 0 amide bonds. The molecule has 0 saturated carbocycles. The van der Waals surface area contributed by atoms with Gasteiger partial charge in [-0.05, 0) is 19.1 Å². The van der Waals surface area contributed by atoms with Gasteiger partial charge in [0.1, 0.15) is 0 Å². The highest BCUT2D eigenvalue weighted by Crippen LogP contribution is 2.13. The fourth-order valence-electron chi connectivity index (χ4n) is 1.94. The molecule has 0 radical (unpaired) electrons. The van der Waals surface area contributed by atoms with Crippen LogP contribution in [-0.4, -0.2) is 32.6 Å². The Hall–Kier alpha value is -2.74. The number of aryl methyl sites for hydroxylation is 1. The molecule has 2 rings (SSSR count). The van der Waals surface area contributed by atoms with Gasteiger partial charge in [-0.15, -0.1) is 5.06 Å². The normalized spacial score (nSPS) is 10.7. The maximum Gasteiger partial charge on any atom is 0.357 e. The molecule has 22 heavy (non-hydrogen) atoms. The average molecular weight is 304 g/mol. The smallest absolute Gasteiger partial charge is 0.357 e. The van der Waals surface area contributed by atoms with E-state index in [4.69, 9.17) is 4.84 Å². The van der Waals surface area contributed by atoms with Gasteiger partial charge in [-0.25, -0.2) is 9.78 Å². The van der Waals surface area contributed by atoms with Crippen LogP contribution in [0.15, 0.2) is 36.8 Å². The van der Waals surface area contributed by atoms with Crippen molar-refractivity contribution in [3.63, 3.8) is 0 Å². The molecule has 0 unspecified atom stereocenters. The van der Waals surface area contributed by atoms with E-state index in [-0.39, 0.29) is 11.3 Å². The van der Waals surface area contributed by atoms with E-state index in [1.54, 1.807) is 19.6 Å². The minimum absolute atomic E-state index is 0.0725. The van der Waals surface area contributed by atoms with Crippen LogP contribution in [0.5, 0.6) is 0 Å². The summed E-state index contributed by atoms with van der Waals surface area (Å²) in [7, 11) is 1.64. The molecule has 0 aliphatic heterocycles. The van der Waals surface area contributed by atoms with Gasteiger partial charge in [-0.3, -0.25) is 10.1 Å². The third-order valence-corrected chi connectivity index (χ3v) is 3.08. The second-order valence-electron chi connectivity index (χ2n) is 4.64. The molecule has 1 heterocycles. The van der Waals surface area contributed by atoms with E-state index in [9.17, 15) is 14.9 Å². The van der Waals surface area contributed by atoms with Crippen LogP contribution in [-0.2, 0) is 17.9 Å². The predicted molar refractivity (Wildman–Crippen MR) is 77.9 cm³/mol. The maximum atomic E-state index is 12.0. The van der Waals surface area contributed by atoms with Crippen molar-refractivity contribution in [3.8, 4) is 0 Å². The van der Waals surface area contributed by atoms with Gasteiger partial charge in [0.25, 0.3) is 5.69 Å². The Kier molecular flexibility index (Phi) is 4.84. The van der Waals surface area contributed by atoms with E-state index in [1.165, 1.54) is 29.3 Å². The number of nitrogens with zero attached hydrogens (tertiary/aromatic N) is 4. The third-order valence-electron chi connectivity index (χ3n) is 3.08. The lowest BCUT2D eigenvalue weighted by atomic mass is 10.2. The Bertz CT molecular complexity index is 666. The zero-order valence-electron chi connectivity index (χ0n) is 12.3. The van der Waals surface area contributed by atoms with Gasteiger partial charge in [0, 0.05) is 31.9 Å². The van der Waals surface area contributed by atoms with Crippen LogP contribution in [0, 0.1) is 10.1 Å². The topological polar surface area (TPSA) is 90.5 Å². The van der Waals surface area contributed by atoms with Crippen LogP contribution >= 0.6 is 0 Å². The van der Waals surface area contributed by atoms with Crippen LogP contribution in [0.3, 0.4) is 0 Å². The minimum atomic E-state index is -0.569. The molecular weight excluding hydrogens is 288 g/mol. The van der Waals surface area contributed by atoms with E-state index in [0.717, 1.165) is 12.2 Å². The number of rotatable bonds is 6. The van der Waals surface area contributed by atoms with Crippen LogP contribution in [0.4, 0.5) is 5.69 Å². The van der Waals surface area contributed by atoms with Gasteiger partial charge in [0.05, 0.1) is 29.1 Å². The monoisotopic (exact) mass is 304 g/mol. The first-order valence-electron chi connectivity index (χ1n) is 6.68. The lowest BCUT2D eigenvalue weighted by Gasteiger charge is -2.16. The van der Waals surface area contributed by atoms with Crippen molar-refractivity contribution < 1.29 is 14.6 Å². The Labute approximate surface area is 127 Å². The quantitative estimate of drug-likeness (QED) is 0.599. The molecule has 8 heteroatoms. The SMILES string of the molecule is CCn1cncc1CN(C)OC(=O)c1ccc([N+](=O)[O-])cc1. The van der Waals surface area contributed by atoms with Gasteiger partial charge < -0.3 is 9.40 Å². The Morgan fingerprint density at radius 3 is 2.68 bits per heavy atom. The summed E-state index contributed by atoms with van der Waals surface area (Å²) >= 11 is 0. The van der Waals surface area contributed by atoms with Crippen LogP contribution < -0.4 is 0 Å². The van der Waals surface area contributed by atoms with Crippen LogP contribution in [0.1, 0.15) is 23.0 Å². The largest absolute Gasteiger partial charge is 0.364 e. The number of hydrogen-bond acceptors (Lipinski definition) is 6. The van der Waals surface area contributed by atoms with Crippen molar-refractivity contribution in [1.29, 1.82) is 0 Å². The Balaban J connectivity index is 1.97. The van der Waals surface area contributed by atoms with E-state index >= 15 is 0 Å². The van der Waals surface area contributed by atoms with Crippen molar-refractivity contribution in [2.75, 3.05) is 7.05 Å². The first-order valence-corrected chi connectivity index (χ1v) is 6.68. The molecule has 0 aliphatic rings. The number of nitro groups is 1. The first-order chi connectivity index (χ1) is 10.5. The highest BCUT2D eigenvalue weighted by Gasteiger charge is 2.14. The van der Waals surface area contributed by atoms with Crippen LogP contribution in [0.2, 0.25) is 0 Å². The average Bonchev–Trinajstić information content (AvgIpc) is 2.94. The number of hydrogen-bond donors (Lipinski definition) is 0. The van der Waals surface area contributed by atoms with Crippen LogP contribution in [0.25, 0.3) is 0 Å². The number of hydroxylamine groups is 2. The number of aromatic nitrogens is 2. The van der Waals surface area contributed by atoms with Gasteiger partial charge in [-0.1, -0.05) is 0 Å². The lowest BCUT2D eigenvalue weighted by molar-refractivity contribution is -0.384. The fraction of sp³-hybridized carbons (Fsp3) is 0.286. The second kappa shape index (κ2) is 6.81. The summed E-state index contributed by atoms with van der Waals surface area (Å²) in [5.41, 5.74) is 1.10. The number of nitro benzene ring substituents is 1. The van der Waals surface area contributed by atoms with Crippen molar-refractivity contribution in [3.05, 3.63) is 58.2 Å². The number of imidazole rings is 1. The number of carbonyl (C=O) groups excluding carboxylic acids is 1. The summed E-state index contributed by atoms with van der Waals surface area (Å²) < 4.78 is 1.94. The number of benzene rings is 1. The summed E-state index contributed by atoms with van der Waals surface area (Å²) in [4.78, 5) is 31.2. The maximum absolute atomic E-state index is 12.0. The molecule has 0 spiro atoms. The summed E-state index contributed by atoms with van der Waals surface area (Å²) in [6.45, 7) is 3.17. The highest BCUT2D eigenvalue weighted by molar-refractivity contribution is 5.89. The molecule has 116 valence electrons. The molecule has 1 aromatic heterocycles. The number of non-ortho nitro benzene ring substituents is 1. The summed E-state index contributed by atoms with van der Waals surface area (Å²) in [6.07, 6.45) is 3.42. The van der Waals surface area contributed by atoms with E-state index in [1.807, 2.05) is 11.5 Å². The molecule has 0 fully saturated rings. The molecule has 0 aliphatic carbocycles. The van der Waals surface area contributed by atoms with Gasteiger partial charge >= 0.3 is 5.97 Å². The Morgan fingerprint density at radius 1 is 1.41 bits per heavy atom. The van der Waals surface area contributed by atoms with Crippen molar-refractivity contribution >= 4 is 11.7 Å². The Morgan fingerprint density at radius 2 is 2.09 bits per heavy atom. The van der Waals surface area contributed by atoms with Crippen molar-refractivity contribution in [1.82, 2.24) is 14.6 Å². The van der Waals surface area contributed by atoms with Gasteiger partial charge in [-0.2, -0.15) is 0 Å². The van der Waals surface area contributed by atoms with Gasteiger partial charge in [0.15, 0.2) is 0 Å². The molecule has 1 aromatic carbocycles. The van der Waals surface area contributed by atoms with Crippen molar-refractivity contribution in [2.24, 2.45) is 0 Å². The zero-order chi connectivity index (χ0) is 16.1. The molecule has 0 atom stereocenters. The van der Waals surface area contributed by atoms with E-state index in [0.29, 0.717) is 6.54 Å². The van der Waals surface area contributed by atoms with Gasteiger partial charge in [0.2, 0.25) is 0 Å². The molecule has 0 N–H and O–H groups in total. The number of carbonyl (C=O) groups is 1. The molecular formula is C14H16N4O4. The zero-order valence-corrected chi connectivity index (χ0v) is 12.3. The minimum Gasteiger partial charge on any atom is -0.364 e. The van der Waals surface area contributed by atoms with E-state index < -0.39 is 10.9 Å². The highest BCUT2D eigenvalue weighted by atomic mass is 16.7. The first kappa shape index (κ1) is 15.6. The third kappa shape index (κ3) is 3.67. The standard InChI is InChI=1S/C14H16N4O4/c1-3-17-10-15-8-13(17)9-16(2)22-14(19)11-4-6-12(7-5-11)18(20)21/h4-8,10H,3,9H2,1-2H3. The molecule has 0 saturated heterocycles. The summed E-state index contributed by atoms with van der Waals surface area (Å²) in [5, 5.41) is 12.0. The summed E-state index contributed by atoms with van der Waals surface area (Å²) in [6, 6.07) is 5.26. The molecule has 8 nitrogen and oxygen atoms in total. The summed E-state index contributed by atoms with van der Waals surface area (Å²) in [5.74, 6) is -0.569. The fourth-order valence-corrected chi connectivity index (χ4v) is 1.94. The predicted octanol–water partition coefficient (Wildman–Crippen LogP) is 2.01. The second-order valence-corrected chi connectivity index (χ2v) is 4.64. The lowest BCUT2D eigenvalue weighted by Crippen LogP contribution is -2.24. The van der Waals surface area contributed by atoms with Crippen molar-refractivity contribution in [2.45, 2.75) is 20.0 Å². The van der Waals surface area contributed by atoms with E-state index in [2.05, 4.69) is 4.98 Å². The molecule has 2 aromatic rings.